The van der Waals surface area contributed by atoms with Crippen molar-refractivity contribution < 1.29 is 13.2 Å². The topological polar surface area (TPSA) is 66.5 Å². The van der Waals surface area contributed by atoms with Crippen LogP contribution in [-0.4, -0.2) is 56.4 Å². The lowest BCUT2D eigenvalue weighted by molar-refractivity contribution is -0.122. The van der Waals surface area contributed by atoms with Gasteiger partial charge in [0.25, 0.3) is 0 Å². The lowest BCUT2D eigenvalue weighted by Crippen LogP contribution is -2.39. The lowest BCUT2D eigenvalue weighted by atomic mass is 10.1. The number of sulfone groups is 1. The van der Waals surface area contributed by atoms with Crippen molar-refractivity contribution in [1.82, 2.24) is 10.2 Å². The van der Waals surface area contributed by atoms with Crippen LogP contribution in [0.4, 0.5) is 0 Å². The van der Waals surface area contributed by atoms with Crippen LogP contribution in [0.15, 0.2) is 0 Å². The Kier molecular flexibility index (Phi) is 3.73. The van der Waals surface area contributed by atoms with E-state index in [0.29, 0.717) is 18.9 Å². The maximum absolute atomic E-state index is 11.8. The number of rotatable bonds is 3. The van der Waals surface area contributed by atoms with Crippen LogP contribution in [0.25, 0.3) is 0 Å². The number of nitrogens with one attached hydrogen (secondary N) is 1. The minimum absolute atomic E-state index is 0.00847. The average Bonchev–Trinajstić information content (AvgIpc) is 2.74. The maximum atomic E-state index is 11.8. The summed E-state index contributed by atoms with van der Waals surface area (Å²) in [6, 6.07) is 0.159. The largest absolute Gasteiger partial charge is 0.352 e. The van der Waals surface area contributed by atoms with Crippen molar-refractivity contribution in [3.63, 3.8) is 0 Å². The molecule has 98 valence electrons. The van der Waals surface area contributed by atoms with Gasteiger partial charge in [-0.05, 0) is 32.9 Å². The van der Waals surface area contributed by atoms with Gasteiger partial charge in [0.05, 0.1) is 11.5 Å². The molecule has 2 unspecified atom stereocenters. The Morgan fingerprint density at radius 1 is 1.41 bits per heavy atom. The fourth-order valence-corrected chi connectivity index (χ4v) is 4.32. The first-order valence-electron chi connectivity index (χ1n) is 6.16. The summed E-state index contributed by atoms with van der Waals surface area (Å²) >= 11 is 0. The van der Waals surface area contributed by atoms with Gasteiger partial charge in [-0.1, -0.05) is 0 Å². The Bertz CT molecular complexity index is 394. The van der Waals surface area contributed by atoms with Crippen molar-refractivity contribution in [2.24, 2.45) is 0 Å². The van der Waals surface area contributed by atoms with Crippen molar-refractivity contribution in [2.45, 2.75) is 37.8 Å². The normalized spacial score (nSPS) is 32.8. The zero-order chi connectivity index (χ0) is 12.5. The SMILES string of the molecule is CN1CCCC1CC(=O)NC1CCS(=O)(=O)C1. The second kappa shape index (κ2) is 4.94. The highest BCUT2D eigenvalue weighted by Gasteiger charge is 2.30. The van der Waals surface area contributed by atoms with E-state index in [0.717, 1.165) is 19.4 Å². The second-order valence-corrected chi connectivity index (χ2v) is 7.38. The molecule has 0 aromatic heterocycles. The van der Waals surface area contributed by atoms with Crippen LogP contribution in [0.3, 0.4) is 0 Å². The number of carbonyl (C=O) groups excluding carboxylic acids is 1. The van der Waals surface area contributed by atoms with Crippen molar-refractivity contribution in [3.8, 4) is 0 Å². The molecule has 0 aromatic carbocycles. The molecule has 0 bridgehead atoms. The number of hydrogen-bond donors (Lipinski definition) is 1. The van der Waals surface area contributed by atoms with Gasteiger partial charge in [0, 0.05) is 18.5 Å². The Balaban J connectivity index is 1.78. The van der Waals surface area contributed by atoms with Crippen LogP contribution in [0.5, 0.6) is 0 Å². The Morgan fingerprint density at radius 2 is 2.18 bits per heavy atom. The molecule has 2 saturated heterocycles. The van der Waals surface area contributed by atoms with Crippen molar-refractivity contribution in [3.05, 3.63) is 0 Å². The smallest absolute Gasteiger partial charge is 0.221 e. The standard InChI is InChI=1S/C11H20N2O3S/c1-13-5-2-3-10(13)7-11(14)12-9-4-6-17(15,16)8-9/h9-10H,2-8H2,1H3,(H,12,14). The second-order valence-electron chi connectivity index (χ2n) is 5.15. The summed E-state index contributed by atoms with van der Waals surface area (Å²) in [5.74, 6) is 0.311. The maximum Gasteiger partial charge on any atom is 0.221 e. The van der Waals surface area contributed by atoms with Crippen LogP contribution in [0.1, 0.15) is 25.7 Å². The Labute approximate surface area is 102 Å². The molecule has 2 aliphatic heterocycles. The Hall–Kier alpha value is -0.620. The van der Waals surface area contributed by atoms with E-state index in [9.17, 15) is 13.2 Å². The van der Waals surface area contributed by atoms with Crippen LogP contribution >= 0.6 is 0 Å². The predicted molar refractivity (Wildman–Crippen MR) is 65.5 cm³/mol. The van der Waals surface area contributed by atoms with E-state index in [1.807, 2.05) is 7.05 Å². The highest BCUT2D eigenvalue weighted by Crippen LogP contribution is 2.18. The van der Waals surface area contributed by atoms with Gasteiger partial charge in [-0.3, -0.25) is 4.79 Å². The van der Waals surface area contributed by atoms with E-state index in [2.05, 4.69) is 10.2 Å². The molecular weight excluding hydrogens is 240 g/mol. The van der Waals surface area contributed by atoms with Crippen molar-refractivity contribution >= 4 is 15.7 Å². The quantitative estimate of drug-likeness (QED) is 0.761. The predicted octanol–water partition coefficient (Wildman–Crippen LogP) is -0.226. The average molecular weight is 260 g/mol. The molecule has 17 heavy (non-hydrogen) atoms. The van der Waals surface area contributed by atoms with Gasteiger partial charge in [-0.2, -0.15) is 0 Å². The summed E-state index contributed by atoms with van der Waals surface area (Å²) in [6.07, 6.45) is 3.26. The van der Waals surface area contributed by atoms with Gasteiger partial charge in [-0.15, -0.1) is 0 Å². The van der Waals surface area contributed by atoms with Crippen LogP contribution in [-0.2, 0) is 14.6 Å². The molecule has 1 N–H and O–H groups in total. The Morgan fingerprint density at radius 3 is 2.71 bits per heavy atom. The van der Waals surface area contributed by atoms with Crippen molar-refractivity contribution in [1.29, 1.82) is 0 Å². The van der Waals surface area contributed by atoms with Crippen LogP contribution < -0.4 is 5.32 Å². The third kappa shape index (κ3) is 3.42. The molecule has 0 aromatic rings. The van der Waals surface area contributed by atoms with E-state index >= 15 is 0 Å². The summed E-state index contributed by atoms with van der Waals surface area (Å²) in [6.45, 7) is 1.05. The molecule has 0 saturated carbocycles. The molecule has 2 fully saturated rings. The molecule has 0 spiro atoms. The molecule has 5 nitrogen and oxygen atoms in total. The van der Waals surface area contributed by atoms with Crippen LogP contribution in [0, 0.1) is 0 Å². The highest BCUT2D eigenvalue weighted by atomic mass is 32.2. The first-order valence-corrected chi connectivity index (χ1v) is 7.98. The fraction of sp³-hybridized carbons (Fsp3) is 0.909. The van der Waals surface area contributed by atoms with Gasteiger partial charge in [0.15, 0.2) is 9.84 Å². The first kappa shape index (κ1) is 12.8. The molecule has 2 heterocycles. The summed E-state index contributed by atoms with van der Waals surface area (Å²) in [7, 11) is -0.872. The number of hydrogen-bond acceptors (Lipinski definition) is 4. The fourth-order valence-electron chi connectivity index (χ4n) is 2.65. The zero-order valence-electron chi connectivity index (χ0n) is 10.2. The first-order chi connectivity index (χ1) is 7.96. The molecular formula is C11H20N2O3S. The third-order valence-electron chi connectivity index (χ3n) is 3.69. The minimum Gasteiger partial charge on any atom is -0.352 e. The molecule has 0 aliphatic carbocycles. The highest BCUT2D eigenvalue weighted by molar-refractivity contribution is 7.91. The molecule has 2 rings (SSSR count). The number of likely N-dealkylation sites (tertiary alicyclic amines) is 1. The van der Waals surface area contributed by atoms with E-state index in [-0.39, 0.29) is 23.5 Å². The summed E-state index contributed by atoms with van der Waals surface area (Å²) < 4.78 is 22.5. The molecule has 2 aliphatic rings. The van der Waals surface area contributed by atoms with Gasteiger partial charge < -0.3 is 10.2 Å². The van der Waals surface area contributed by atoms with Gasteiger partial charge in [0.1, 0.15) is 0 Å². The van der Waals surface area contributed by atoms with E-state index in [1.54, 1.807) is 0 Å². The number of carbonyl (C=O) groups is 1. The lowest BCUT2D eigenvalue weighted by Gasteiger charge is -2.19. The molecule has 2 atom stereocenters. The monoisotopic (exact) mass is 260 g/mol. The van der Waals surface area contributed by atoms with E-state index in [4.69, 9.17) is 0 Å². The third-order valence-corrected chi connectivity index (χ3v) is 5.46. The molecule has 6 heteroatoms. The van der Waals surface area contributed by atoms with Gasteiger partial charge in [0.2, 0.25) is 5.91 Å². The van der Waals surface area contributed by atoms with Crippen LogP contribution in [0.2, 0.25) is 0 Å². The van der Waals surface area contributed by atoms with Gasteiger partial charge in [-0.25, -0.2) is 8.42 Å². The van der Waals surface area contributed by atoms with E-state index < -0.39 is 9.84 Å². The van der Waals surface area contributed by atoms with Gasteiger partial charge >= 0.3 is 0 Å². The van der Waals surface area contributed by atoms with Crippen molar-refractivity contribution in [2.75, 3.05) is 25.1 Å². The summed E-state index contributed by atoms with van der Waals surface area (Å²) in [5.41, 5.74) is 0. The molecule has 1 amide bonds. The summed E-state index contributed by atoms with van der Waals surface area (Å²) in [4.78, 5) is 14.0. The van der Waals surface area contributed by atoms with E-state index in [1.165, 1.54) is 0 Å². The number of amides is 1. The number of nitrogens with zero attached hydrogens (tertiary/aromatic N) is 1. The minimum atomic E-state index is -2.90. The zero-order valence-corrected chi connectivity index (χ0v) is 11.0. The molecule has 0 radical (unpaired) electrons. The summed E-state index contributed by atoms with van der Waals surface area (Å²) in [5, 5.41) is 2.84.